The van der Waals surface area contributed by atoms with Crippen molar-refractivity contribution in [2.24, 2.45) is 0 Å². The van der Waals surface area contributed by atoms with Gasteiger partial charge in [-0.3, -0.25) is 0 Å². The summed E-state index contributed by atoms with van der Waals surface area (Å²) >= 11 is 1.41. The number of hydrogen-bond donors (Lipinski definition) is 1. The number of carboxylic acids is 1. The molecule has 0 saturated carbocycles. The molecule has 0 spiro atoms. The average Bonchev–Trinajstić information content (AvgIpc) is 2.90. The molecule has 2 aromatic carbocycles. The molecule has 1 unspecified atom stereocenters. The van der Waals surface area contributed by atoms with Gasteiger partial charge in [-0.25, -0.2) is 13.2 Å². The number of likely N-dealkylation sites (N-methyl/N-ethyl adjacent to an activating group) is 1. The van der Waals surface area contributed by atoms with Crippen molar-refractivity contribution in [2.75, 3.05) is 24.7 Å². The molecule has 2 aromatic rings. The van der Waals surface area contributed by atoms with Crippen molar-refractivity contribution in [1.82, 2.24) is 4.31 Å². The standard InChI is InChI=1S/C25H32N2O5S2/c1-5-7-14-25(6-2)18-27(19-11-9-8-10-12-19)20-16-22(33-4)21(32-15-13-24(28)29)17-23(20)34(30,31)26(25)3/h8-13,15-17H,5-7,14,18H2,1-4H3,(H,28,29)/b15-13+. The van der Waals surface area contributed by atoms with Crippen LogP contribution in [0.25, 0.3) is 0 Å². The minimum absolute atomic E-state index is 0.141. The van der Waals surface area contributed by atoms with Gasteiger partial charge in [-0.1, -0.05) is 44.9 Å². The first-order valence-corrected chi connectivity index (χ1v) is 14.0. The molecule has 7 nitrogen and oxygen atoms in total. The van der Waals surface area contributed by atoms with Gasteiger partial charge in [-0.05, 0) is 37.3 Å². The molecule has 0 amide bonds. The molecule has 1 heterocycles. The minimum Gasteiger partial charge on any atom is -0.478 e. The summed E-state index contributed by atoms with van der Waals surface area (Å²) in [5.41, 5.74) is 0.909. The van der Waals surface area contributed by atoms with Crippen LogP contribution >= 0.6 is 11.8 Å². The van der Waals surface area contributed by atoms with Crippen LogP contribution in [0.3, 0.4) is 0 Å². The van der Waals surface area contributed by atoms with Crippen LogP contribution in [-0.4, -0.2) is 49.2 Å². The summed E-state index contributed by atoms with van der Waals surface area (Å²) in [6.45, 7) is 4.67. The zero-order valence-electron chi connectivity index (χ0n) is 20.0. The van der Waals surface area contributed by atoms with E-state index in [4.69, 9.17) is 9.84 Å². The van der Waals surface area contributed by atoms with Gasteiger partial charge in [0.25, 0.3) is 0 Å². The fourth-order valence-electron chi connectivity index (χ4n) is 4.34. The Labute approximate surface area is 206 Å². The predicted octanol–water partition coefficient (Wildman–Crippen LogP) is 5.50. The van der Waals surface area contributed by atoms with Crippen molar-refractivity contribution in [3.63, 3.8) is 0 Å². The number of thioether (sulfide) groups is 1. The summed E-state index contributed by atoms with van der Waals surface area (Å²) in [6.07, 6.45) is 7.10. The normalized spacial score (nSPS) is 20.2. The topological polar surface area (TPSA) is 87.1 Å². The second kappa shape index (κ2) is 10.8. The number of anilines is 2. The second-order valence-electron chi connectivity index (χ2n) is 8.31. The van der Waals surface area contributed by atoms with Gasteiger partial charge in [0, 0.05) is 25.3 Å². The van der Waals surface area contributed by atoms with Gasteiger partial charge in [-0.15, -0.1) is 11.8 Å². The lowest BCUT2D eigenvalue weighted by atomic mass is 9.88. The first kappa shape index (κ1) is 26.1. The molecule has 9 heteroatoms. The van der Waals surface area contributed by atoms with Crippen molar-refractivity contribution >= 4 is 39.1 Å². The van der Waals surface area contributed by atoms with E-state index in [0.29, 0.717) is 29.3 Å². The number of nitrogens with zero attached hydrogens (tertiary/aromatic N) is 2. The van der Waals surface area contributed by atoms with E-state index in [1.807, 2.05) is 49.6 Å². The first-order chi connectivity index (χ1) is 16.2. The molecule has 0 aliphatic carbocycles. The molecule has 3 rings (SSSR count). The van der Waals surface area contributed by atoms with Gasteiger partial charge >= 0.3 is 5.97 Å². The summed E-state index contributed by atoms with van der Waals surface area (Å²) in [5.74, 6) is -0.849. The highest BCUT2D eigenvalue weighted by Gasteiger charge is 2.46. The Hall–Kier alpha value is -2.49. The smallest absolute Gasteiger partial charge is 0.331 e. The van der Waals surface area contributed by atoms with Crippen LogP contribution in [0.5, 0.6) is 5.75 Å². The molecule has 0 saturated heterocycles. The maximum absolute atomic E-state index is 14.0. The number of rotatable bonds is 9. The summed E-state index contributed by atoms with van der Waals surface area (Å²) in [4.78, 5) is 13.8. The lowest BCUT2D eigenvalue weighted by Crippen LogP contribution is -2.53. The number of carboxylic acid groups (broad SMARTS) is 1. The highest BCUT2D eigenvalue weighted by atomic mass is 32.2. The Balaban J connectivity index is 2.28. The van der Waals surface area contributed by atoms with Gasteiger partial charge in [0.05, 0.1) is 28.5 Å². The van der Waals surface area contributed by atoms with Crippen LogP contribution in [0.1, 0.15) is 39.5 Å². The Bertz CT molecular complexity index is 1150. The molecule has 1 N–H and O–H groups in total. The number of fused-ring (bicyclic) bond motifs is 1. The lowest BCUT2D eigenvalue weighted by Gasteiger charge is -2.41. The Morgan fingerprint density at radius 1 is 1.24 bits per heavy atom. The van der Waals surface area contributed by atoms with Crippen LogP contribution in [0.15, 0.2) is 64.6 Å². The van der Waals surface area contributed by atoms with Crippen LogP contribution in [0, 0.1) is 0 Å². The highest BCUT2D eigenvalue weighted by Crippen LogP contribution is 2.46. The molecule has 1 aliphatic heterocycles. The molecule has 0 bridgehead atoms. The maximum atomic E-state index is 14.0. The highest BCUT2D eigenvalue weighted by molar-refractivity contribution is 7.98. The summed E-state index contributed by atoms with van der Waals surface area (Å²) < 4.78 is 35.1. The maximum Gasteiger partial charge on any atom is 0.331 e. The van der Waals surface area contributed by atoms with Gasteiger partial charge in [0.1, 0.15) is 10.6 Å². The number of carbonyl (C=O) groups is 1. The number of benzene rings is 2. The number of unbranched alkanes of at least 4 members (excludes halogenated alkanes) is 1. The molecule has 0 radical (unpaired) electrons. The van der Waals surface area contributed by atoms with E-state index in [2.05, 4.69) is 11.8 Å². The largest absolute Gasteiger partial charge is 0.478 e. The predicted molar refractivity (Wildman–Crippen MR) is 137 cm³/mol. The Morgan fingerprint density at radius 3 is 2.53 bits per heavy atom. The third kappa shape index (κ3) is 5.11. The molecular weight excluding hydrogens is 472 g/mol. The average molecular weight is 505 g/mol. The number of aliphatic carboxylic acids is 1. The first-order valence-electron chi connectivity index (χ1n) is 11.3. The van der Waals surface area contributed by atoms with E-state index in [1.165, 1.54) is 22.1 Å². The van der Waals surface area contributed by atoms with Crippen molar-refractivity contribution in [1.29, 1.82) is 0 Å². The Kier molecular flexibility index (Phi) is 8.33. The van der Waals surface area contributed by atoms with Crippen LogP contribution in [-0.2, 0) is 14.8 Å². The second-order valence-corrected chi connectivity index (χ2v) is 11.1. The minimum atomic E-state index is -3.88. The van der Waals surface area contributed by atoms with Crippen molar-refractivity contribution in [2.45, 2.75) is 54.9 Å². The third-order valence-electron chi connectivity index (χ3n) is 6.42. The lowest BCUT2D eigenvalue weighted by molar-refractivity contribution is -0.131. The van der Waals surface area contributed by atoms with Gasteiger partial charge in [0.2, 0.25) is 10.0 Å². The summed E-state index contributed by atoms with van der Waals surface area (Å²) in [5, 5.41) is 8.90. The van der Waals surface area contributed by atoms with E-state index in [9.17, 15) is 13.2 Å². The number of hydrogen-bond acceptors (Lipinski definition) is 6. The van der Waals surface area contributed by atoms with Crippen molar-refractivity contribution in [3.05, 3.63) is 54.8 Å². The van der Waals surface area contributed by atoms with Crippen LogP contribution < -0.4 is 9.64 Å². The monoisotopic (exact) mass is 504 g/mol. The fourth-order valence-corrected chi connectivity index (χ4v) is 6.65. The molecular formula is C25H32N2O5S2. The van der Waals surface area contributed by atoms with E-state index < -0.39 is 21.5 Å². The van der Waals surface area contributed by atoms with Gasteiger partial charge < -0.3 is 14.7 Å². The summed E-state index contributed by atoms with van der Waals surface area (Å²) in [7, 11) is -2.21. The zero-order valence-corrected chi connectivity index (χ0v) is 21.7. The van der Waals surface area contributed by atoms with Gasteiger partial charge in [0.15, 0.2) is 0 Å². The van der Waals surface area contributed by atoms with Crippen molar-refractivity contribution in [3.8, 4) is 5.75 Å². The molecule has 1 atom stereocenters. The quantitative estimate of drug-likeness (QED) is 0.274. The molecule has 0 aromatic heterocycles. The zero-order chi connectivity index (χ0) is 24.9. The molecule has 184 valence electrons. The van der Waals surface area contributed by atoms with Gasteiger partial charge in [-0.2, -0.15) is 4.31 Å². The Morgan fingerprint density at radius 2 is 1.94 bits per heavy atom. The van der Waals surface area contributed by atoms with Crippen molar-refractivity contribution < 1.29 is 23.1 Å². The third-order valence-corrected chi connectivity index (χ3v) is 9.17. The van der Waals surface area contributed by atoms with Crippen LogP contribution in [0.4, 0.5) is 11.4 Å². The van der Waals surface area contributed by atoms with Crippen LogP contribution in [0.2, 0.25) is 0 Å². The number of sulfonamides is 1. The molecule has 34 heavy (non-hydrogen) atoms. The number of para-hydroxylation sites is 1. The fraction of sp³-hybridized carbons (Fsp3) is 0.400. The number of ether oxygens (including phenoxy) is 1. The SMILES string of the molecule is CCCCC1(CC)CN(c2ccccc2)c2cc(SC)c(O/C=C/C(=O)O)cc2S(=O)(=O)N1C. The van der Waals surface area contributed by atoms with E-state index in [0.717, 1.165) is 37.3 Å². The van der Waals surface area contributed by atoms with E-state index in [1.54, 1.807) is 7.05 Å². The van der Waals surface area contributed by atoms with E-state index in [-0.39, 0.29) is 4.90 Å². The summed E-state index contributed by atoms with van der Waals surface area (Å²) in [6, 6.07) is 13.1. The molecule has 1 aliphatic rings. The molecule has 0 fully saturated rings. The van der Waals surface area contributed by atoms with E-state index >= 15 is 0 Å².